The molecule has 0 aliphatic heterocycles. The number of allylic oxidation sites excluding steroid dienone is 2. The molecule has 0 aliphatic rings. The van der Waals surface area contributed by atoms with Crippen LogP contribution in [0.25, 0.3) is 0 Å². The van der Waals surface area contributed by atoms with Gasteiger partial charge in [0.2, 0.25) is 0 Å². The molecule has 0 saturated heterocycles. The fourth-order valence-electron chi connectivity index (χ4n) is 3.20. The van der Waals surface area contributed by atoms with E-state index in [1.165, 1.54) is 74.7 Å². The molecule has 0 fully saturated rings. The Labute approximate surface area is 139 Å². The molecule has 0 aromatic carbocycles. The summed E-state index contributed by atoms with van der Waals surface area (Å²) in [6, 6.07) is 0. The van der Waals surface area contributed by atoms with Crippen LogP contribution in [-0.4, -0.2) is 18.4 Å². The van der Waals surface area contributed by atoms with E-state index in [-0.39, 0.29) is 0 Å². The zero-order valence-electron chi connectivity index (χ0n) is 15.1. The summed E-state index contributed by atoms with van der Waals surface area (Å²) >= 11 is -2.29. The third kappa shape index (κ3) is 8.34. The number of hydrogen-bond acceptors (Lipinski definition) is 0. The molecule has 0 aromatic heterocycles. The summed E-state index contributed by atoms with van der Waals surface area (Å²) in [4.78, 5) is 0. The quantitative estimate of drug-likeness (QED) is 0.176. The van der Waals surface area contributed by atoms with Crippen molar-refractivity contribution in [2.24, 2.45) is 0 Å². The van der Waals surface area contributed by atoms with Gasteiger partial charge in [0.15, 0.2) is 0 Å². The van der Waals surface area contributed by atoms with E-state index in [1.54, 1.807) is 0 Å². The van der Waals surface area contributed by atoms with Crippen molar-refractivity contribution >= 4 is 18.4 Å². The van der Waals surface area contributed by atoms with Crippen molar-refractivity contribution < 1.29 is 0 Å². The molecule has 0 amide bonds. The molecule has 0 unspecified atom stereocenters. The van der Waals surface area contributed by atoms with Crippen molar-refractivity contribution in [3.8, 4) is 12.3 Å². The SMILES string of the molecule is C#C/[C](=C/CCCC)[Sn]([CH2]CCC)([CH2]CCC)[CH2]CCC. The Morgan fingerprint density at radius 2 is 1.24 bits per heavy atom. The van der Waals surface area contributed by atoms with Crippen LogP contribution in [0.15, 0.2) is 9.67 Å². The van der Waals surface area contributed by atoms with Crippen LogP contribution in [0.2, 0.25) is 13.3 Å². The fourth-order valence-corrected chi connectivity index (χ4v) is 19.0. The van der Waals surface area contributed by atoms with Gasteiger partial charge in [0, 0.05) is 0 Å². The topological polar surface area (TPSA) is 0 Å². The molecule has 1 heteroatoms. The van der Waals surface area contributed by atoms with E-state index < -0.39 is 18.4 Å². The summed E-state index contributed by atoms with van der Waals surface area (Å²) in [7, 11) is 0. The molecule has 0 N–H and O–H groups in total. The van der Waals surface area contributed by atoms with Gasteiger partial charge in [-0.15, -0.1) is 0 Å². The maximum absolute atomic E-state index is 5.99. The van der Waals surface area contributed by atoms with E-state index in [0.29, 0.717) is 0 Å². The van der Waals surface area contributed by atoms with Crippen LogP contribution in [0.4, 0.5) is 0 Å². The normalized spacial score (nSPS) is 12.4. The first kappa shape index (κ1) is 21.1. The molecular weight excluding hydrogens is 359 g/mol. The van der Waals surface area contributed by atoms with Crippen molar-refractivity contribution in [2.75, 3.05) is 0 Å². The van der Waals surface area contributed by atoms with Crippen LogP contribution < -0.4 is 0 Å². The first-order valence-corrected chi connectivity index (χ1v) is 16.9. The van der Waals surface area contributed by atoms with Gasteiger partial charge in [-0.2, -0.15) is 0 Å². The van der Waals surface area contributed by atoms with Crippen molar-refractivity contribution in [3.63, 3.8) is 0 Å². The standard InChI is InChI=1S/C8H11.3C4H9.Sn/c1-3-5-7-8-6-4-2;3*1-3-4-2;/h1,7H,4,6,8H2,2H3;3*1,3-4H2,2H3;. The van der Waals surface area contributed by atoms with Gasteiger partial charge in [0.1, 0.15) is 0 Å². The van der Waals surface area contributed by atoms with Gasteiger partial charge in [-0.05, 0) is 0 Å². The zero-order chi connectivity index (χ0) is 16.0. The summed E-state index contributed by atoms with van der Waals surface area (Å²) < 4.78 is 6.02. The van der Waals surface area contributed by atoms with Gasteiger partial charge in [-0.3, -0.25) is 0 Å². The third-order valence-electron chi connectivity index (χ3n) is 4.66. The van der Waals surface area contributed by atoms with Crippen molar-refractivity contribution in [1.29, 1.82) is 0 Å². The van der Waals surface area contributed by atoms with Crippen molar-refractivity contribution in [1.82, 2.24) is 0 Å². The average Bonchev–Trinajstić information content (AvgIpc) is 2.52. The third-order valence-corrected chi connectivity index (χ3v) is 20.1. The zero-order valence-corrected chi connectivity index (χ0v) is 18.0. The van der Waals surface area contributed by atoms with Crippen molar-refractivity contribution in [2.45, 2.75) is 98.8 Å². The first-order chi connectivity index (χ1) is 10.2. The van der Waals surface area contributed by atoms with E-state index in [1.807, 2.05) is 0 Å². The van der Waals surface area contributed by atoms with Crippen molar-refractivity contribution in [3.05, 3.63) is 9.67 Å². The summed E-state index contributed by atoms with van der Waals surface area (Å²) in [6.45, 7) is 9.25. The van der Waals surface area contributed by atoms with Crippen LogP contribution >= 0.6 is 0 Å². The Balaban J connectivity index is 5.23. The molecule has 0 bridgehead atoms. The molecule has 0 rings (SSSR count). The predicted molar refractivity (Wildman–Crippen MR) is 101 cm³/mol. The Morgan fingerprint density at radius 1 is 0.810 bits per heavy atom. The average molecular weight is 397 g/mol. The molecule has 0 saturated carbocycles. The number of rotatable bonds is 13. The summed E-state index contributed by atoms with van der Waals surface area (Å²) in [5, 5.41) is 0. The molecule has 0 aliphatic carbocycles. The predicted octanol–water partition coefficient (Wildman–Crippen LogP) is 7.12. The Kier molecular flexibility index (Phi) is 13.8. The molecule has 0 heterocycles. The number of unbranched alkanes of at least 4 members (excludes halogenated alkanes) is 5. The second-order valence-electron chi connectivity index (χ2n) is 6.50. The van der Waals surface area contributed by atoms with Crippen LogP contribution in [0.5, 0.6) is 0 Å². The molecule has 0 aromatic rings. The number of terminal acetylenes is 1. The van der Waals surface area contributed by atoms with Crippen LogP contribution in [0.1, 0.15) is 85.5 Å². The molecule has 122 valence electrons. The molecular formula is C20H38Sn. The second kappa shape index (κ2) is 13.7. The molecule has 0 nitrogen and oxygen atoms in total. The second-order valence-corrected chi connectivity index (χ2v) is 19.6. The molecule has 0 radical (unpaired) electrons. The fraction of sp³-hybridized carbons (Fsp3) is 0.800. The van der Waals surface area contributed by atoms with E-state index in [4.69, 9.17) is 6.42 Å². The van der Waals surface area contributed by atoms with E-state index >= 15 is 0 Å². The maximum atomic E-state index is 5.99. The molecule has 0 atom stereocenters. The number of hydrogen-bond donors (Lipinski definition) is 0. The van der Waals surface area contributed by atoms with Gasteiger partial charge in [0.25, 0.3) is 0 Å². The Hall–Kier alpha value is 0.0987. The van der Waals surface area contributed by atoms with Crippen LogP contribution in [-0.2, 0) is 0 Å². The van der Waals surface area contributed by atoms with Gasteiger partial charge < -0.3 is 0 Å². The van der Waals surface area contributed by atoms with Crippen LogP contribution in [0, 0.1) is 12.3 Å². The van der Waals surface area contributed by atoms with Gasteiger partial charge in [-0.1, -0.05) is 0 Å². The molecule has 21 heavy (non-hydrogen) atoms. The summed E-state index contributed by atoms with van der Waals surface area (Å²) in [5.41, 5.74) is 0. The summed E-state index contributed by atoms with van der Waals surface area (Å²) in [5.74, 6) is 3.18. The van der Waals surface area contributed by atoms with Gasteiger partial charge in [0.05, 0.1) is 0 Å². The van der Waals surface area contributed by atoms with Gasteiger partial charge >= 0.3 is 139 Å². The summed E-state index contributed by atoms with van der Waals surface area (Å²) in [6.07, 6.45) is 20.4. The van der Waals surface area contributed by atoms with E-state index in [9.17, 15) is 0 Å². The van der Waals surface area contributed by atoms with E-state index in [0.717, 1.165) is 0 Å². The Morgan fingerprint density at radius 3 is 1.57 bits per heavy atom. The molecule has 0 spiro atoms. The Bertz CT molecular complexity index is 287. The minimum atomic E-state index is -2.29. The van der Waals surface area contributed by atoms with Crippen LogP contribution in [0.3, 0.4) is 0 Å². The monoisotopic (exact) mass is 398 g/mol. The minimum absolute atomic E-state index is 1.21. The first-order valence-electron chi connectivity index (χ1n) is 9.37. The van der Waals surface area contributed by atoms with E-state index in [2.05, 4.69) is 39.7 Å². The van der Waals surface area contributed by atoms with Gasteiger partial charge in [-0.25, -0.2) is 0 Å².